The summed E-state index contributed by atoms with van der Waals surface area (Å²) >= 11 is 6.19. The number of aromatic nitrogens is 4. The van der Waals surface area contributed by atoms with Crippen LogP contribution in [0.2, 0.25) is 5.02 Å². The predicted octanol–water partition coefficient (Wildman–Crippen LogP) is 5.94. The van der Waals surface area contributed by atoms with Gasteiger partial charge in [-0.15, -0.1) is 0 Å². The Morgan fingerprint density at radius 1 is 1.18 bits per heavy atom. The van der Waals surface area contributed by atoms with E-state index in [2.05, 4.69) is 15.3 Å². The Balaban J connectivity index is 1.21. The SMILES string of the molecule is COc1cc(C(=O)CC2(C(=O)CC3CCc4cc(-c5cc(Cl)cc(F)c5-c5noc(C)n5)cnc43)CC2)on1. The van der Waals surface area contributed by atoms with E-state index in [1.807, 2.05) is 6.07 Å². The maximum Gasteiger partial charge on any atom is 0.254 e. The van der Waals surface area contributed by atoms with Crippen molar-refractivity contribution in [1.29, 1.82) is 0 Å². The van der Waals surface area contributed by atoms with Gasteiger partial charge in [0.25, 0.3) is 5.88 Å². The Morgan fingerprint density at radius 2 is 2.00 bits per heavy atom. The highest BCUT2D eigenvalue weighted by Crippen LogP contribution is 2.53. The molecule has 0 radical (unpaired) electrons. The van der Waals surface area contributed by atoms with E-state index in [9.17, 15) is 9.59 Å². The molecule has 39 heavy (non-hydrogen) atoms. The molecule has 0 saturated heterocycles. The van der Waals surface area contributed by atoms with Crippen molar-refractivity contribution in [2.45, 2.75) is 51.4 Å². The van der Waals surface area contributed by atoms with Crippen molar-refractivity contribution in [3.05, 3.63) is 64.2 Å². The van der Waals surface area contributed by atoms with Crippen LogP contribution in [0, 0.1) is 18.2 Å². The van der Waals surface area contributed by atoms with Crippen molar-refractivity contribution in [1.82, 2.24) is 20.3 Å². The second kappa shape index (κ2) is 9.68. The summed E-state index contributed by atoms with van der Waals surface area (Å²) in [6.07, 6.45) is 4.91. The Kier molecular flexibility index (Phi) is 6.29. The summed E-state index contributed by atoms with van der Waals surface area (Å²) in [6, 6.07) is 6.27. The zero-order valence-corrected chi connectivity index (χ0v) is 22.0. The molecule has 0 N–H and O–H groups in total. The highest BCUT2D eigenvalue weighted by atomic mass is 35.5. The minimum Gasteiger partial charge on any atom is -0.479 e. The molecule has 4 aromatic rings. The molecule has 9 nitrogen and oxygen atoms in total. The van der Waals surface area contributed by atoms with Crippen molar-refractivity contribution in [3.8, 4) is 28.4 Å². The average molecular weight is 551 g/mol. The summed E-state index contributed by atoms with van der Waals surface area (Å²) < 4.78 is 30.1. The van der Waals surface area contributed by atoms with Crippen LogP contribution in [-0.4, -0.2) is 39.0 Å². The van der Waals surface area contributed by atoms with Gasteiger partial charge in [-0.3, -0.25) is 14.6 Å². The molecular formula is C28H24ClFN4O5. The van der Waals surface area contributed by atoms with E-state index in [1.54, 1.807) is 19.2 Å². The zero-order chi connectivity index (χ0) is 27.3. The molecule has 3 heterocycles. The topological polar surface area (TPSA) is 121 Å². The first kappa shape index (κ1) is 25.4. The Bertz CT molecular complexity index is 1610. The van der Waals surface area contributed by atoms with Gasteiger partial charge < -0.3 is 13.8 Å². The van der Waals surface area contributed by atoms with Crippen molar-refractivity contribution >= 4 is 23.2 Å². The number of rotatable bonds is 9. The second-order valence-electron chi connectivity index (χ2n) is 10.2. The van der Waals surface area contributed by atoms with E-state index in [0.717, 1.165) is 24.1 Å². The molecule has 1 aromatic carbocycles. The Hall–Kier alpha value is -3.92. The number of pyridine rings is 1. The van der Waals surface area contributed by atoms with Crippen LogP contribution in [0.5, 0.6) is 5.88 Å². The fourth-order valence-electron chi connectivity index (χ4n) is 5.36. The number of ketones is 2. The standard InChI is InChI=1S/C28H24ClFN4O5/c1-14-32-27(34-38-14)25-19(9-18(29)10-20(25)30)17-7-15-3-4-16(26(15)31-13-17)8-23(36)28(5-6-28)12-21(35)22-11-24(37-2)33-39-22/h7,9-11,13,16H,3-6,8,12H2,1-2H3. The lowest BCUT2D eigenvalue weighted by molar-refractivity contribution is -0.124. The Morgan fingerprint density at radius 3 is 2.69 bits per heavy atom. The molecule has 0 bridgehead atoms. The molecule has 0 aliphatic heterocycles. The third-order valence-electron chi connectivity index (χ3n) is 7.62. The van der Waals surface area contributed by atoms with Gasteiger partial charge in [-0.1, -0.05) is 16.8 Å². The van der Waals surface area contributed by atoms with Crippen LogP contribution in [0.3, 0.4) is 0 Å². The molecule has 3 aromatic heterocycles. The first-order valence-electron chi connectivity index (χ1n) is 12.6. The van der Waals surface area contributed by atoms with Crippen LogP contribution >= 0.6 is 11.6 Å². The molecule has 200 valence electrons. The number of halogens is 2. The third kappa shape index (κ3) is 4.73. The fourth-order valence-corrected chi connectivity index (χ4v) is 5.56. The van der Waals surface area contributed by atoms with Crippen LogP contribution in [0.25, 0.3) is 22.5 Å². The molecule has 11 heteroatoms. The minimum atomic E-state index is -0.657. The Labute approximate surface area is 227 Å². The van der Waals surface area contributed by atoms with Crippen LogP contribution < -0.4 is 4.74 Å². The molecule has 0 spiro atoms. The lowest BCUT2D eigenvalue weighted by Gasteiger charge is -2.16. The maximum atomic E-state index is 15.0. The van der Waals surface area contributed by atoms with Crippen LogP contribution in [0.15, 0.2) is 39.5 Å². The van der Waals surface area contributed by atoms with Crippen LogP contribution in [0.1, 0.15) is 65.7 Å². The second-order valence-corrected chi connectivity index (χ2v) is 10.6. The number of fused-ring (bicyclic) bond motifs is 1. The van der Waals surface area contributed by atoms with Gasteiger partial charge in [0.2, 0.25) is 23.3 Å². The molecule has 2 aliphatic rings. The zero-order valence-electron chi connectivity index (χ0n) is 21.3. The molecular weight excluding hydrogens is 527 g/mol. The average Bonchev–Trinajstić information content (AvgIpc) is 3.24. The van der Waals surface area contributed by atoms with E-state index < -0.39 is 11.2 Å². The predicted molar refractivity (Wildman–Crippen MR) is 137 cm³/mol. The highest BCUT2D eigenvalue weighted by Gasteiger charge is 2.51. The molecule has 2 aliphatic carbocycles. The summed E-state index contributed by atoms with van der Waals surface area (Å²) in [5.41, 5.74) is 2.56. The smallest absolute Gasteiger partial charge is 0.254 e. The molecule has 0 amide bonds. The number of carbonyl (C=O) groups excluding carboxylic acids is 2. The van der Waals surface area contributed by atoms with Gasteiger partial charge in [-0.25, -0.2) is 4.39 Å². The first-order chi connectivity index (χ1) is 18.8. The van der Waals surface area contributed by atoms with Gasteiger partial charge in [0, 0.05) is 53.6 Å². The number of hydrogen-bond donors (Lipinski definition) is 0. The van der Waals surface area contributed by atoms with Gasteiger partial charge in [0.05, 0.1) is 18.7 Å². The van der Waals surface area contributed by atoms with Crippen molar-refractivity contribution in [2.24, 2.45) is 5.41 Å². The summed E-state index contributed by atoms with van der Waals surface area (Å²) in [6.45, 7) is 1.63. The van der Waals surface area contributed by atoms with Crippen LogP contribution in [0.4, 0.5) is 4.39 Å². The van der Waals surface area contributed by atoms with Gasteiger partial charge in [0.15, 0.2) is 0 Å². The third-order valence-corrected chi connectivity index (χ3v) is 7.83. The van der Waals surface area contributed by atoms with Crippen molar-refractivity contribution in [2.75, 3.05) is 7.11 Å². The number of hydrogen-bond acceptors (Lipinski definition) is 9. The number of methoxy groups -OCH3 is 1. The van der Waals surface area contributed by atoms with Crippen molar-refractivity contribution in [3.63, 3.8) is 0 Å². The summed E-state index contributed by atoms with van der Waals surface area (Å²) in [5.74, 6) is -0.0217. The van der Waals surface area contributed by atoms with Gasteiger partial charge in [-0.05, 0) is 60.2 Å². The number of Topliss-reactive ketones (excluding diaryl/α,β-unsaturated/α-hetero) is 2. The van der Waals surface area contributed by atoms with Gasteiger partial charge in [0.1, 0.15) is 11.6 Å². The largest absolute Gasteiger partial charge is 0.479 e. The summed E-state index contributed by atoms with van der Waals surface area (Å²) in [5, 5.41) is 7.80. The van der Waals surface area contributed by atoms with Crippen LogP contribution in [-0.2, 0) is 11.2 Å². The van der Waals surface area contributed by atoms with E-state index in [4.69, 9.17) is 30.4 Å². The maximum absolute atomic E-state index is 15.0. The van der Waals surface area contributed by atoms with Gasteiger partial charge in [-0.2, -0.15) is 4.98 Å². The number of carbonyl (C=O) groups is 2. The lowest BCUT2D eigenvalue weighted by atomic mass is 9.86. The minimum absolute atomic E-state index is 0.0464. The molecule has 1 atom stereocenters. The normalized spacial score (nSPS) is 17.2. The molecule has 1 unspecified atom stereocenters. The summed E-state index contributed by atoms with van der Waals surface area (Å²) in [7, 11) is 1.44. The quantitative estimate of drug-likeness (QED) is 0.233. The lowest BCUT2D eigenvalue weighted by Crippen LogP contribution is -2.21. The highest BCUT2D eigenvalue weighted by molar-refractivity contribution is 6.31. The molecule has 1 saturated carbocycles. The van der Waals surface area contributed by atoms with Crippen molar-refractivity contribution < 1.29 is 27.8 Å². The molecule has 1 fully saturated rings. The fraction of sp³-hybridized carbons (Fsp3) is 0.357. The number of nitrogens with zero attached hydrogens (tertiary/aromatic N) is 4. The van der Waals surface area contributed by atoms with Gasteiger partial charge >= 0.3 is 0 Å². The number of benzene rings is 1. The number of aryl methyl sites for hydroxylation is 2. The van der Waals surface area contributed by atoms with E-state index >= 15 is 4.39 Å². The van der Waals surface area contributed by atoms with E-state index in [1.165, 1.54) is 19.2 Å². The van der Waals surface area contributed by atoms with E-state index in [0.29, 0.717) is 36.3 Å². The number of ether oxygens (including phenoxy) is 1. The monoisotopic (exact) mass is 550 g/mol. The first-order valence-corrected chi connectivity index (χ1v) is 13.0. The molecule has 6 rings (SSSR count). The van der Waals surface area contributed by atoms with E-state index in [-0.39, 0.29) is 52.0 Å². The summed E-state index contributed by atoms with van der Waals surface area (Å²) in [4.78, 5) is 35.0.